The number of carbonyl (C=O) groups is 1. The molecule has 10 nitrogen and oxygen atoms in total. The second kappa shape index (κ2) is 7.08. The number of anilines is 1. The van der Waals surface area contributed by atoms with Crippen LogP contribution in [0, 0.1) is 13.8 Å². The minimum Gasteiger partial charge on any atom is -0.478 e. The fourth-order valence-electron chi connectivity index (χ4n) is 2.79. The van der Waals surface area contributed by atoms with Crippen LogP contribution in [0.5, 0.6) is 5.88 Å². The van der Waals surface area contributed by atoms with Gasteiger partial charge in [0.1, 0.15) is 0 Å². The van der Waals surface area contributed by atoms with Crippen molar-refractivity contribution in [2.75, 3.05) is 18.0 Å². The molecule has 28 heavy (non-hydrogen) atoms. The van der Waals surface area contributed by atoms with Crippen molar-refractivity contribution >= 4 is 27.5 Å². The Labute approximate surface area is 161 Å². The molecule has 11 heteroatoms. The van der Waals surface area contributed by atoms with Crippen LogP contribution in [-0.2, 0) is 10.0 Å². The van der Waals surface area contributed by atoms with Crippen LogP contribution in [-0.4, -0.2) is 52.7 Å². The number of para-hydroxylation sites is 1. The van der Waals surface area contributed by atoms with Crippen molar-refractivity contribution in [3.8, 4) is 5.88 Å². The highest BCUT2D eigenvalue weighted by Crippen LogP contribution is 2.28. The first kappa shape index (κ1) is 19.5. The van der Waals surface area contributed by atoms with Gasteiger partial charge in [0.15, 0.2) is 0 Å². The van der Waals surface area contributed by atoms with E-state index < -0.39 is 21.1 Å². The van der Waals surface area contributed by atoms with E-state index in [4.69, 9.17) is 4.74 Å². The van der Waals surface area contributed by atoms with Gasteiger partial charge >= 0.3 is 16.0 Å². The Hall–Kier alpha value is -3.21. The predicted molar refractivity (Wildman–Crippen MR) is 100 cm³/mol. The van der Waals surface area contributed by atoms with Gasteiger partial charge in [0.2, 0.25) is 5.88 Å². The van der Waals surface area contributed by atoms with Crippen molar-refractivity contribution in [2.24, 2.45) is 0 Å². The number of ether oxygens (including phenoxy) is 1. The standard InChI is InChI=1S/C17H19N5O5S/c1-5-27-13-9-11(3)18-16-19-17(20-22(13)16)28(25,26)21(4)14-10(2)7-6-8-12(14)15(23)24/h6-9H,5H2,1-4H3,(H,23,24). The Kier molecular flexibility index (Phi) is 4.94. The summed E-state index contributed by atoms with van der Waals surface area (Å²) in [6, 6.07) is 6.14. The molecule has 3 aromatic rings. The van der Waals surface area contributed by atoms with E-state index in [1.165, 1.54) is 17.6 Å². The Balaban J connectivity index is 2.16. The maximum atomic E-state index is 13.1. The molecule has 0 aliphatic heterocycles. The van der Waals surface area contributed by atoms with E-state index >= 15 is 0 Å². The van der Waals surface area contributed by atoms with Crippen LogP contribution in [0.2, 0.25) is 0 Å². The Morgan fingerprint density at radius 2 is 2.00 bits per heavy atom. The number of benzene rings is 1. The molecule has 0 bridgehead atoms. The van der Waals surface area contributed by atoms with Gasteiger partial charge in [-0.3, -0.25) is 4.31 Å². The number of fused-ring (bicyclic) bond motifs is 1. The van der Waals surface area contributed by atoms with Crippen LogP contribution in [0.15, 0.2) is 29.4 Å². The van der Waals surface area contributed by atoms with E-state index in [0.717, 1.165) is 4.31 Å². The molecule has 0 radical (unpaired) electrons. The average molecular weight is 405 g/mol. The average Bonchev–Trinajstić information content (AvgIpc) is 3.06. The third-order valence-corrected chi connectivity index (χ3v) is 5.59. The van der Waals surface area contributed by atoms with Crippen molar-refractivity contribution < 1.29 is 23.1 Å². The summed E-state index contributed by atoms with van der Waals surface area (Å²) in [4.78, 5) is 19.8. The van der Waals surface area contributed by atoms with Crippen molar-refractivity contribution in [3.05, 3.63) is 41.1 Å². The van der Waals surface area contributed by atoms with Gasteiger partial charge in [-0.2, -0.15) is 17.9 Å². The highest BCUT2D eigenvalue weighted by Gasteiger charge is 2.31. The quantitative estimate of drug-likeness (QED) is 0.656. The number of aromatic nitrogens is 4. The molecular formula is C17H19N5O5S. The number of carboxylic acids is 1. The lowest BCUT2D eigenvalue weighted by molar-refractivity contribution is 0.0697. The van der Waals surface area contributed by atoms with E-state index in [1.807, 2.05) is 0 Å². The molecule has 2 heterocycles. The maximum absolute atomic E-state index is 13.1. The van der Waals surface area contributed by atoms with Crippen molar-refractivity contribution in [2.45, 2.75) is 25.9 Å². The molecule has 0 spiro atoms. The summed E-state index contributed by atoms with van der Waals surface area (Å²) < 4.78 is 33.8. The highest BCUT2D eigenvalue weighted by atomic mass is 32.2. The normalized spacial score (nSPS) is 11.6. The summed E-state index contributed by atoms with van der Waals surface area (Å²) in [7, 11) is -2.98. The number of hydrogen-bond donors (Lipinski definition) is 1. The predicted octanol–water partition coefficient (Wildman–Crippen LogP) is 1.66. The van der Waals surface area contributed by atoms with Gasteiger partial charge in [0, 0.05) is 18.8 Å². The SMILES string of the molecule is CCOc1cc(C)nc2nc(S(=O)(=O)N(C)c3c(C)cccc3C(=O)O)nn12. The van der Waals surface area contributed by atoms with Gasteiger partial charge in [-0.25, -0.2) is 9.78 Å². The molecule has 3 rings (SSSR count). The summed E-state index contributed by atoms with van der Waals surface area (Å²) in [5.41, 5.74) is 0.980. The monoisotopic (exact) mass is 405 g/mol. The first-order chi connectivity index (χ1) is 13.2. The van der Waals surface area contributed by atoms with Gasteiger partial charge in [-0.15, -0.1) is 5.10 Å². The lowest BCUT2D eigenvalue weighted by atomic mass is 10.1. The van der Waals surface area contributed by atoms with Gasteiger partial charge in [0.25, 0.3) is 10.9 Å². The molecule has 0 fully saturated rings. The Morgan fingerprint density at radius 3 is 2.64 bits per heavy atom. The van der Waals surface area contributed by atoms with Crippen LogP contribution in [0.25, 0.3) is 5.78 Å². The minimum atomic E-state index is -4.25. The van der Waals surface area contributed by atoms with Gasteiger partial charge in [-0.1, -0.05) is 12.1 Å². The van der Waals surface area contributed by atoms with Crippen molar-refractivity contribution in [3.63, 3.8) is 0 Å². The number of sulfonamides is 1. The molecule has 2 aromatic heterocycles. The molecule has 148 valence electrons. The van der Waals surface area contributed by atoms with E-state index in [-0.39, 0.29) is 17.0 Å². The molecule has 0 atom stereocenters. The Bertz CT molecular complexity index is 1170. The molecule has 1 N–H and O–H groups in total. The first-order valence-corrected chi connectivity index (χ1v) is 9.80. The van der Waals surface area contributed by atoms with E-state index in [1.54, 1.807) is 39.0 Å². The molecule has 1 aromatic carbocycles. The molecule has 0 aliphatic carbocycles. The lowest BCUT2D eigenvalue weighted by Gasteiger charge is -2.21. The van der Waals surface area contributed by atoms with Crippen molar-refractivity contribution in [1.82, 2.24) is 19.6 Å². The zero-order valence-corrected chi connectivity index (χ0v) is 16.6. The summed E-state index contributed by atoms with van der Waals surface area (Å²) >= 11 is 0. The van der Waals surface area contributed by atoms with E-state index in [9.17, 15) is 18.3 Å². The number of aryl methyl sites for hydroxylation is 2. The van der Waals surface area contributed by atoms with E-state index in [2.05, 4.69) is 15.1 Å². The summed E-state index contributed by atoms with van der Waals surface area (Å²) in [5.74, 6) is -0.859. The smallest absolute Gasteiger partial charge is 0.337 e. The third-order valence-electron chi connectivity index (χ3n) is 4.05. The Morgan fingerprint density at radius 1 is 1.29 bits per heavy atom. The third kappa shape index (κ3) is 3.24. The summed E-state index contributed by atoms with van der Waals surface area (Å²) in [6.45, 7) is 5.49. The van der Waals surface area contributed by atoms with Gasteiger partial charge < -0.3 is 9.84 Å². The molecule has 0 saturated carbocycles. The second-order valence-electron chi connectivity index (χ2n) is 6.02. The lowest BCUT2D eigenvalue weighted by Crippen LogP contribution is -2.30. The molecule has 0 saturated heterocycles. The fourth-order valence-corrected chi connectivity index (χ4v) is 3.90. The van der Waals surface area contributed by atoms with Crippen LogP contribution < -0.4 is 9.04 Å². The van der Waals surface area contributed by atoms with Crippen LogP contribution >= 0.6 is 0 Å². The number of carboxylic acid groups (broad SMARTS) is 1. The maximum Gasteiger partial charge on any atom is 0.337 e. The number of nitrogens with zero attached hydrogens (tertiary/aromatic N) is 5. The molecule has 0 unspecified atom stereocenters. The van der Waals surface area contributed by atoms with Crippen LogP contribution in [0.4, 0.5) is 5.69 Å². The summed E-state index contributed by atoms with van der Waals surface area (Å²) in [5, 5.41) is 13.0. The molecule has 0 amide bonds. The highest BCUT2D eigenvalue weighted by molar-refractivity contribution is 7.92. The number of aromatic carboxylic acids is 1. The molecule has 0 aliphatic rings. The van der Waals surface area contributed by atoms with Gasteiger partial charge in [0.05, 0.1) is 17.9 Å². The largest absolute Gasteiger partial charge is 0.478 e. The second-order valence-corrected chi connectivity index (χ2v) is 7.89. The zero-order valence-electron chi connectivity index (χ0n) is 15.7. The van der Waals surface area contributed by atoms with Gasteiger partial charge in [-0.05, 0) is 32.4 Å². The van der Waals surface area contributed by atoms with E-state index in [0.29, 0.717) is 23.7 Å². The fraction of sp³-hybridized carbons (Fsp3) is 0.294. The van der Waals surface area contributed by atoms with Crippen LogP contribution in [0.3, 0.4) is 0 Å². The minimum absolute atomic E-state index is 0.0445. The number of hydrogen-bond acceptors (Lipinski definition) is 7. The number of rotatable bonds is 6. The molecular weight excluding hydrogens is 386 g/mol. The topological polar surface area (TPSA) is 127 Å². The zero-order chi connectivity index (χ0) is 20.6. The summed E-state index contributed by atoms with van der Waals surface area (Å²) in [6.07, 6.45) is 0. The van der Waals surface area contributed by atoms with Crippen LogP contribution in [0.1, 0.15) is 28.5 Å². The first-order valence-electron chi connectivity index (χ1n) is 8.36. The van der Waals surface area contributed by atoms with Crippen molar-refractivity contribution in [1.29, 1.82) is 0 Å².